The number of hydrogen-bond acceptors (Lipinski definition) is 4. The molecule has 4 heteroatoms. The number of benzene rings is 1. The average molecular weight is 326 g/mol. The maximum Gasteiger partial charge on any atom is 0.0708 e. The predicted octanol–water partition coefficient (Wildman–Crippen LogP) is 2.91. The van der Waals surface area contributed by atoms with E-state index >= 15 is 0 Å². The average Bonchev–Trinajstić information content (AvgIpc) is 3.03. The Labute approximate surface area is 143 Å². The molecule has 2 saturated heterocycles. The SMILES string of the molecule is Cc1cc(CN2CCCC2C2COCCC2O)c2ccccc2n1. The van der Waals surface area contributed by atoms with E-state index in [0.29, 0.717) is 19.3 Å². The van der Waals surface area contributed by atoms with Gasteiger partial charge in [0, 0.05) is 36.2 Å². The standard InChI is InChI=1S/C20H26N2O2/c1-14-11-15(16-5-2-3-6-18(16)21-14)12-22-9-4-7-19(22)17-13-24-10-8-20(17)23/h2-3,5-6,11,17,19-20,23H,4,7-10,12-13H2,1H3. The number of aromatic nitrogens is 1. The minimum absolute atomic E-state index is 0.222. The molecule has 3 heterocycles. The Morgan fingerprint density at radius 2 is 2.17 bits per heavy atom. The van der Waals surface area contributed by atoms with Crippen LogP contribution >= 0.6 is 0 Å². The summed E-state index contributed by atoms with van der Waals surface area (Å²) in [5, 5.41) is 11.7. The van der Waals surface area contributed by atoms with E-state index in [0.717, 1.165) is 37.1 Å². The van der Waals surface area contributed by atoms with Crippen LogP contribution < -0.4 is 0 Å². The monoisotopic (exact) mass is 326 g/mol. The number of rotatable bonds is 3. The van der Waals surface area contributed by atoms with Crippen molar-refractivity contribution in [2.75, 3.05) is 19.8 Å². The minimum atomic E-state index is -0.222. The highest BCUT2D eigenvalue weighted by molar-refractivity contribution is 5.82. The van der Waals surface area contributed by atoms with E-state index in [1.54, 1.807) is 0 Å². The summed E-state index contributed by atoms with van der Waals surface area (Å²) < 4.78 is 5.66. The van der Waals surface area contributed by atoms with Gasteiger partial charge in [0.2, 0.25) is 0 Å². The summed E-state index contributed by atoms with van der Waals surface area (Å²) >= 11 is 0. The van der Waals surface area contributed by atoms with Crippen molar-refractivity contribution >= 4 is 10.9 Å². The number of hydrogen-bond donors (Lipinski definition) is 1. The van der Waals surface area contributed by atoms with Crippen LogP contribution in [0.15, 0.2) is 30.3 Å². The van der Waals surface area contributed by atoms with Crippen LogP contribution in [0.2, 0.25) is 0 Å². The Kier molecular flexibility index (Phi) is 4.53. The molecule has 1 aromatic carbocycles. The number of aryl methyl sites for hydroxylation is 1. The lowest BCUT2D eigenvalue weighted by Crippen LogP contribution is -2.45. The van der Waals surface area contributed by atoms with Gasteiger partial charge in [-0.25, -0.2) is 0 Å². The molecule has 24 heavy (non-hydrogen) atoms. The van der Waals surface area contributed by atoms with Crippen LogP contribution in [0.25, 0.3) is 10.9 Å². The maximum absolute atomic E-state index is 10.4. The van der Waals surface area contributed by atoms with Gasteiger partial charge >= 0.3 is 0 Å². The fraction of sp³-hybridized carbons (Fsp3) is 0.550. The lowest BCUT2D eigenvalue weighted by molar-refractivity contribution is -0.0635. The van der Waals surface area contributed by atoms with Crippen molar-refractivity contribution in [1.82, 2.24) is 9.88 Å². The molecule has 1 N–H and O–H groups in total. The number of aliphatic hydroxyl groups is 1. The van der Waals surface area contributed by atoms with Gasteiger partial charge in [0.15, 0.2) is 0 Å². The summed E-state index contributed by atoms with van der Waals surface area (Å²) in [5.41, 5.74) is 3.49. The number of ether oxygens (including phenoxy) is 1. The summed E-state index contributed by atoms with van der Waals surface area (Å²) in [6, 6.07) is 11.0. The molecule has 2 aromatic rings. The van der Waals surface area contributed by atoms with Crippen LogP contribution in [-0.2, 0) is 11.3 Å². The van der Waals surface area contributed by atoms with Crippen LogP contribution in [0.5, 0.6) is 0 Å². The first-order valence-electron chi connectivity index (χ1n) is 9.07. The Hall–Kier alpha value is -1.49. The molecule has 2 aliphatic heterocycles. The van der Waals surface area contributed by atoms with Gasteiger partial charge < -0.3 is 9.84 Å². The normalized spacial score (nSPS) is 28.5. The van der Waals surface area contributed by atoms with Crippen LogP contribution in [0.1, 0.15) is 30.5 Å². The van der Waals surface area contributed by atoms with Gasteiger partial charge in [-0.15, -0.1) is 0 Å². The van der Waals surface area contributed by atoms with E-state index in [1.165, 1.54) is 17.4 Å². The number of likely N-dealkylation sites (tertiary alicyclic amines) is 1. The molecule has 128 valence electrons. The molecule has 0 spiro atoms. The number of pyridine rings is 1. The third kappa shape index (κ3) is 3.06. The molecule has 0 aliphatic carbocycles. The first kappa shape index (κ1) is 16.0. The zero-order chi connectivity index (χ0) is 16.5. The first-order chi connectivity index (χ1) is 11.7. The largest absolute Gasteiger partial charge is 0.393 e. The van der Waals surface area contributed by atoms with Crippen molar-refractivity contribution in [1.29, 1.82) is 0 Å². The van der Waals surface area contributed by atoms with E-state index < -0.39 is 0 Å². The van der Waals surface area contributed by atoms with Crippen molar-refractivity contribution in [3.63, 3.8) is 0 Å². The summed E-state index contributed by atoms with van der Waals surface area (Å²) in [4.78, 5) is 7.20. The van der Waals surface area contributed by atoms with E-state index in [2.05, 4.69) is 41.1 Å². The zero-order valence-corrected chi connectivity index (χ0v) is 14.3. The molecular formula is C20H26N2O2. The van der Waals surface area contributed by atoms with Gasteiger partial charge in [0.1, 0.15) is 0 Å². The Morgan fingerprint density at radius 1 is 1.29 bits per heavy atom. The van der Waals surface area contributed by atoms with Crippen molar-refractivity contribution in [2.24, 2.45) is 5.92 Å². The van der Waals surface area contributed by atoms with E-state index in [9.17, 15) is 5.11 Å². The lowest BCUT2D eigenvalue weighted by Gasteiger charge is -2.37. The molecule has 0 saturated carbocycles. The quantitative estimate of drug-likeness (QED) is 0.942. The fourth-order valence-electron chi connectivity index (χ4n) is 4.39. The minimum Gasteiger partial charge on any atom is -0.393 e. The molecule has 2 aliphatic rings. The van der Waals surface area contributed by atoms with Gasteiger partial charge in [0.25, 0.3) is 0 Å². The Balaban J connectivity index is 1.60. The summed E-state index contributed by atoms with van der Waals surface area (Å²) in [6.07, 6.45) is 2.91. The van der Waals surface area contributed by atoms with Gasteiger partial charge in [-0.05, 0) is 50.4 Å². The van der Waals surface area contributed by atoms with E-state index in [1.807, 2.05) is 6.07 Å². The lowest BCUT2D eigenvalue weighted by atomic mass is 9.89. The van der Waals surface area contributed by atoms with Gasteiger partial charge in [0.05, 0.1) is 18.2 Å². The second-order valence-electron chi connectivity index (χ2n) is 7.21. The molecule has 0 bridgehead atoms. The van der Waals surface area contributed by atoms with Crippen LogP contribution in [0.4, 0.5) is 0 Å². The highest BCUT2D eigenvalue weighted by Crippen LogP contribution is 2.32. The first-order valence-corrected chi connectivity index (χ1v) is 9.07. The van der Waals surface area contributed by atoms with Crippen molar-refractivity contribution < 1.29 is 9.84 Å². The molecule has 0 radical (unpaired) electrons. The van der Waals surface area contributed by atoms with Crippen LogP contribution in [0, 0.1) is 12.8 Å². The van der Waals surface area contributed by atoms with Crippen LogP contribution in [0.3, 0.4) is 0 Å². The molecule has 4 rings (SSSR count). The number of para-hydroxylation sites is 1. The predicted molar refractivity (Wildman–Crippen MR) is 94.8 cm³/mol. The molecular weight excluding hydrogens is 300 g/mol. The van der Waals surface area contributed by atoms with Crippen molar-refractivity contribution in [2.45, 2.75) is 44.9 Å². The van der Waals surface area contributed by atoms with Crippen molar-refractivity contribution in [3.05, 3.63) is 41.6 Å². The van der Waals surface area contributed by atoms with E-state index in [-0.39, 0.29) is 12.0 Å². The number of aliphatic hydroxyl groups excluding tert-OH is 1. The summed E-state index contributed by atoms with van der Waals surface area (Å²) in [7, 11) is 0. The number of fused-ring (bicyclic) bond motifs is 1. The van der Waals surface area contributed by atoms with Gasteiger partial charge in [-0.2, -0.15) is 0 Å². The summed E-state index contributed by atoms with van der Waals surface area (Å²) in [6.45, 7) is 5.48. The summed E-state index contributed by atoms with van der Waals surface area (Å²) in [5.74, 6) is 0.246. The second kappa shape index (κ2) is 6.79. The second-order valence-corrected chi connectivity index (χ2v) is 7.21. The number of nitrogens with zero attached hydrogens (tertiary/aromatic N) is 2. The highest BCUT2D eigenvalue weighted by atomic mass is 16.5. The maximum atomic E-state index is 10.4. The molecule has 0 amide bonds. The smallest absolute Gasteiger partial charge is 0.0708 e. The molecule has 2 fully saturated rings. The topological polar surface area (TPSA) is 45.6 Å². The third-order valence-electron chi connectivity index (χ3n) is 5.57. The van der Waals surface area contributed by atoms with Gasteiger partial charge in [-0.1, -0.05) is 18.2 Å². The molecule has 3 atom stereocenters. The molecule has 4 nitrogen and oxygen atoms in total. The zero-order valence-electron chi connectivity index (χ0n) is 14.3. The van der Waals surface area contributed by atoms with E-state index in [4.69, 9.17) is 4.74 Å². The Morgan fingerprint density at radius 3 is 3.04 bits per heavy atom. The Bertz CT molecular complexity index is 718. The molecule has 1 aromatic heterocycles. The van der Waals surface area contributed by atoms with Crippen LogP contribution in [-0.4, -0.2) is 46.9 Å². The fourth-order valence-corrected chi connectivity index (χ4v) is 4.39. The third-order valence-corrected chi connectivity index (χ3v) is 5.57. The van der Waals surface area contributed by atoms with Gasteiger partial charge in [-0.3, -0.25) is 9.88 Å². The highest BCUT2D eigenvalue weighted by Gasteiger charge is 2.37. The van der Waals surface area contributed by atoms with Crippen molar-refractivity contribution in [3.8, 4) is 0 Å². The molecule has 3 unspecified atom stereocenters.